The van der Waals surface area contributed by atoms with Crippen molar-refractivity contribution in [2.45, 2.75) is 17.8 Å². The number of hydrogen-bond acceptors (Lipinski definition) is 0. The quantitative estimate of drug-likeness (QED) is 0.452. The van der Waals surface area contributed by atoms with E-state index in [2.05, 4.69) is 0 Å². The van der Waals surface area contributed by atoms with Crippen LogP contribution in [0.2, 0.25) is 0 Å². The first-order valence-corrected chi connectivity index (χ1v) is 6.40. The molecule has 0 aromatic rings. The summed E-state index contributed by atoms with van der Waals surface area (Å²) in [6.45, 7) is -9.42. The van der Waals surface area contributed by atoms with Gasteiger partial charge in [0.15, 0.2) is 0 Å². The molecule has 0 aliphatic rings. The summed E-state index contributed by atoms with van der Waals surface area (Å²) in [4.78, 5) is 0. The van der Waals surface area contributed by atoms with Crippen molar-refractivity contribution in [1.29, 1.82) is 0 Å². The molecule has 94 valence electrons. The van der Waals surface area contributed by atoms with Crippen LogP contribution in [0.15, 0.2) is 0 Å². The Hall–Kier alpha value is -0.200. The normalized spacial score (nSPS) is 18.5. The third-order valence-corrected chi connectivity index (χ3v) is 6.85. The summed E-state index contributed by atoms with van der Waals surface area (Å²) in [6, 6.07) is 0. The monoisotopic (exact) mass is 268 g/mol. The third-order valence-electron chi connectivity index (χ3n) is 2.28. The zero-order valence-electron chi connectivity index (χ0n) is 7.35. The van der Waals surface area contributed by atoms with Crippen molar-refractivity contribution >= 4 is 6.60 Å². The molecule has 0 aliphatic heterocycles. The van der Waals surface area contributed by atoms with Gasteiger partial charge in [-0.25, -0.2) is 0 Å². The molecule has 15 heavy (non-hydrogen) atoms. The number of rotatable bonds is 0. The molecular weight excluding hydrogens is 262 g/mol. The van der Waals surface area contributed by atoms with Gasteiger partial charge in [-0.15, -0.1) is 0 Å². The van der Waals surface area contributed by atoms with Crippen LogP contribution in [-0.4, -0.2) is 31.1 Å². The molecule has 0 bridgehead atoms. The second-order valence-electron chi connectivity index (χ2n) is 3.53. The summed E-state index contributed by atoms with van der Waals surface area (Å²) in [5.41, 5.74) is 0. The van der Waals surface area contributed by atoms with E-state index in [-0.39, 0.29) is 0 Å². The van der Waals surface area contributed by atoms with Crippen molar-refractivity contribution in [2.24, 2.45) is 0 Å². The molecule has 0 spiro atoms. The summed E-state index contributed by atoms with van der Waals surface area (Å²) in [5.74, 6) is -19.1. The molecule has 0 aromatic heterocycles. The maximum absolute atomic E-state index is 12.1. The molecule has 10 heteroatoms. The standard InChI is InChI=1S/C5H6F9P/c1-15(2,3(6,7)8,4(9,10)11)5(12,13)14/h1-2H3. The zero-order chi connectivity index (χ0) is 12.9. The minimum atomic E-state index is -7.84. The van der Waals surface area contributed by atoms with Crippen LogP contribution < -0.4 is 0 Å². The van der Waals surface area contributed by atoms with Crippen LogP contribution in [0.4, 0.5) is 39.5 Å². The first-order valence-electron chi connectivity index (χ1n) is 3.27. The topological polar surface area (TPSA) is 0 Å². The van der Waals surface area contributed by atoms with Crippen molar-refractivity contribution < 1.29 is 39.5 Å². The first-order chi connectivity index (χ1) is 6.07. The Balaban J connectivity index is 6.08. The molecule has 0 rings (SSSR count). The predicted octanol–water partition coefficient (Wildman–Crippen LogP) is 4.36. The van der Waals surface area contributed by atoms with Crippen molar-refractivity contribution in [3.63, 3.8) is 0 Å². The van der Waals surface area contributed by atoms with Gasteiger partial charge in [-0.1, -0.05) is 0 Å². The van der Waals surface area contributed by atoms with Crippen LogP contribution >= 0.6 is 6.60 Å². The number of alkyl halides is 9. The Morgan fingerprint density at radius 2 is 0.667 bits per heavy atom. The van der Waals surface area contributed by atoms with E-state index in [4.69, 9.17) is 0 Å². The molecule has 0 atom stereocenters. The third kappa shape index (κ3) is 1.50. The number of hydrogen-bond donors (Lipinski definition) is 0. The SMILES string of the molecule is CP(C)(C(F)(F)F)(C(F)(F)F)C(F)(F)F. The predicted molar refractivity (Wildman–Crippen MR) is 36.9 cm³/mol. The van der Waals surface area contributed by atoms with Crippen molar-refractivity contribution in [1.82, 2.24) is 0 Å². The average Bonchev–Trinajstić information content (AvgIpc) is 1.78. The van der Waals surface area contributed by atoms with E-state index >= 15 is 0 Å². The Kier molecular flexibility index (Phi) is 2.89. The first kappa shape index (κ1) is 14.8. The van der Waals surface area contributed by atoms with E-state index in [1.807, 2.05) is 0 Å². The van der Waals surface area contributed by atoms with Crippen molar-refractivity contribution in [3.8, 4) is 0 Å². The second kappa shape index (κ2) is 2.93. The summed E-state index contributed by atoms with van der Waals surface area (Å²) in [7, 11) is 0. The van der Waals surface area contributed by atoms with E-state index < -0.39 is 37.7 Å². The Labute approximate surface area is 78.4 Å². The van der Waals surface area contributed by atoms with E-state index in [9.17, 15) is 39.5 Å². The molecule has 0 fully saturated rings. The minimum absolute atomic E-state index is 0.786. The van der Waals surface area contributed by atoms with Crippen LogP contribution in [0.25, 0.3) is 0 Å². The van der Waals surface area contributed by atoms with Crippen LogP contribution in [-0.2, 0) is 0 Å². The zero-order valence-corrected chi connectivity index (χ0v) is 8.24. The van der Waals surface area contributed by atoms with E-state index in [0.717, 1.165) is 0 Å². The summed E-state index contributed by atoms with van der Waals surface area (Å²) < 4.78 is 109. The van der Waals surface area contributed by atoms with Gasteiger partial charge >= 0.3 is 77.2 Å². The van der Waals surface area contributed by atoms with Gasteiger partial charge in [-0.05, 0) is 0 Å². The molecule has 0 unspecified atom stereocenters. The van der Waals surface area contributed by atoms with Crippen molar-refractivity contribution in [3.05, 3.63) is 0 Å². The fraction of sp³-hybridized carbons (Fsp3) is 1.00. The van der Waals surface area contributed by atoms with E-state index in [1.54, 1.807) is 0 Å². The van der Waals surface area contributed by atoms with Gasteiger partial charge in [0.2, 0.25) is 0 Å². The molecule has 0 N–H and O–H groups in total. The Morgan fingerprint density at radius 3 is 0.667 bits per heavy atom. The van der Waals surface area contributed by atoms with Crippen molar-refractivity contribution in [2.75, 3.05) is 13.3 Å². The summed E-state index contributed by atoms with van der Waals surface area (Å²) >= 11 is 0. The van der Waals surface area contributed by atoms with E-state index in [1.165, 1.54) is 0 Å². The molecule has 0 saturated carbocycles. The Morgan fingerprint density at radius 1 is 0.533 bits per heavy atom. The second-order valence-corrected chi connectivity index (χ2v) is 9.30. The van der Waals surface area contributed by atoms with Gasteiger partial charge in [-0.2, -0.15) is 0 Å². The number of halogens is 9. The molecule has 0 amide bonds. The van der Waals surface area contributed by atoms with E-state index in [0.29, 0.717) is 0 Å². The molecule has 0 radical (unpaired) electrons. The Bertz CT molecular complexity index is 210. The van der Waals surface area contributed by atoms with Gasteiger partial charge in [0, 0.05) is 0 Å². The molecule has 0 aromatic carbocycles. The molecule has 0 saturated heterocycles. The van der Waals surface area contributed by atoms with Crippen LogP contribution in [0.1, 0.15) is 0 Å². The summed E-state index contributed by atoms with van der Waals surface area (Å²) in [5, 5.41) is 0. The molecule has 0 nitrogen and oxygen atoms in total. The van der Waals surface area contributed by atoms with Gasteiger partial charge in [0.25, 0.3) is 0 Å². The molecule has 0 heterocycles. The van der Waals surface area contributed by atoms with Crippen LogP contribution in [0, 0.1) is 0 Å². The molecular formula is C5H6F9P. The fourth-order valence-corrected chi connectivity index (χ4v) is 1.29. The van der Waals surface area contributed by atoms with Crippen LogP contribution in [0.3, 0.4) is 0 Å². The van der Waals surface area contributed by atoms with Gasteiger partial charge in [0.1, 0.15) is 0 Å². The maximum atomic E-state index is 12.1. The van der Waals surface area contributed by atoms with Gasteiger partial charge in [0.05, 0.1) is 0 Å². The average molecular weight is 268 g/mol. The van der Waals surface area contributed by atoms with Crippen LogP contribution in [0.5, 0.6) is 0 Å². The van der Waals surface area contributed by atoms with Gasteiger partial charge < -0.3 is 0 Å². The summed E-state index contributed by atoms with van der Waals surface area (Å²) in [6.07, 6.45) is 0. The molecule has 0 aliphatic carbocycles. The van der Waals surface area contributed by atoms with Gasteiger partial charge in [-0.3, -0.25) is 0 Å². The fourth-order valence-electron chi connectivity index (χ4n) is 0.431.